The predicted molar refractivity (Wildman–Crippen MR) is 116 cm³/mol. The predicted octanol–water partition coefficient (Wildman–Crippen LogP) is 4.63. The van der Waals surface area contributed by atoms with Crippen LogP contribution in [0.15, 0.2) is 54.7 Å². The molecule has 7 nitrogen and oxygen atoms in total. The normalized spacial score (nSPS) is 10.8. The van der Waals surface area contributed by atoms with Gasteiger partial charge in [0, 0.05) is 17.8 Å². The third-order valence-corrected chi connectivity index (χ3v) is 4.96. The topological polar surface area (TPSA) is 77.8 Å². The number of rotatable bonds is 5. The highest BCUT2D eigenvalue weighted by Crippen LogP contribution is 2.32. The number of aryl methyl sites for hydroxylation is 1. The molecular formula is C22H19ClN4O3. The summed E-state index contributed by atoms with van der Waals surface area (Å²) in [7, 11) is 3.16. The Morgan fingerprint density at radius 1 is 1.03 bits per heavy atom. The molecule has 2 heterocycles. The average molecular weight is 423 g/mol. The summed E-state index contributed by atoms with van der Waals surface area (Å²) in [5.41, 5.74) is 3.91. The second-order valence-electron chi connectivity index (χ2n) is 6.64. The van der Waals surface area contributed by atoms with Crippen LogP contribution in [0.5, 0.6) is 11.5 Å². The second kappa shape index (κ2) is 8.04. The summed E-state index contributed by atoms with van der Waals surface area (Å²) in [5, 5.41) is 7.72. The van der Waals surface area contributed by atoms with Crippen LogP contribution in [0.1, 0.15) is 16.1 Å². The maximum absolute atomic E-state index is 12.7. The summed E-state index contributed by atoms with van der Waals surface area (Å²) in [5.74, 6) is 0.852. The van der Waals surface area contributed by atoms with Crippen molar-refractivity contribution < 1.29 is 14.3 Å². The molecule has 0 radical (unpaired) electrons. The van der Waals surface area contributed by atoms with Gasteiger partial charge in [-0.05, 0) is 48.9 Å². The first-order valence-electron chi connectivity index (χ1n) is 9.15. The number of aromatic nitrogens is 3. The Morgan fingerprint density at radius 3 is 2.57 bits per heavy atom. The molecule has 8 heteroatoms. The van der Waals surface area contributed by atoms with E-state index < -0.39 is 0 Å². The van der Waals surface area contributed by atoms with Gasteiger partial charge in [0.05, 0.1) is 30.6 Å². The lowest BCUT2D eigenvalue weighted by Crippen LogP contribution is -2.13. The fraction of sp³-hybridized carbons (Fsp3) is 0.136. The first kappa shape index (κ1) is 19.7. The molecule has 0 unspecified atom stereocenters. The number of methoxy groups -OCH3 is 2. The van der Waals surface area contributed by atoms with Crippen molar-refractivity contribution in [3.63, 3.8) is 0 Å². The molecule has 0 spiro atoms. The number of anilines is 1. The van der Waals surface area contributed by atoms with Crippen molar-refractivity contribution in [2.75, 3.05) is 19.5 Å². The number of nitrogens with zero attached hydrogens (tertiary/aromatic N) is 3. The lowest BCUT2D eigenvalue weighted by atomic mass is 10.1. The molecular weight excluding hydrogens is 404 g/mol. The van der Waals surface area contributed by atoms with Gasteiger partial charge >= 0.3 is 0 Å². The van der Waals surface area contributed by atoms with Crippen LogP contribution in [-0.2, 0) is 0 Å². The molecule has 2 aromatic heterocycles. The number of halogens is 1. The Morgan fingerprint density at radius 2 is 1.83 bits per heavy atom. The van der Waals surface area contributed by atoms with Crippen molar-refractivity contribution in [2.24, 2.45) is 0 Å². The Bertz CT molecular complexity index is 1250. The molecule has 0 aliphatic heterocycles. The molecule has 0 fully saturated rings. The molecule has 0 bridgehead atoms. The average Bonchev–Trinajstić information content (AvgIpc) is 3.19. The standard InChI is InChI=1S/C22H19ClN4O3/c1-13-4-6-16(15(23)10-13)25-22(28)17-12-21-24-9-8-18(27(21)26-17)14-5-7-19(29-2)20(11-14)30-3/h4-12H,1-3H3,(H,25,28). The monoisotopic (exact) mass is 422 g/mol. The molecule has 4 aromatic rings. The summed E-state index contributed by atoms with van der Waals surface area (Å²) in [6, 6.07) is 14.4. The van der Waals surface area contributed by atoms with Gasteiger partial charge in [-0.2, -0.15) is 5.10 Å². The van der Waals surface area contributed by atoms with Gasteiger partial charge in [0.2, 0.25) is 0 Å². The zero-order valence-electron chi connectivity index (χ0n) is 16.6. The van der Waals surface area contributed by atoms with Gasteiger partial charge in [-0.25, -0.2) is 9.50 Å². The molecule has 1 amide bonds. The van der Waals surface area contributed by atoms with Gasteiger partial charge < -0.3 is 14.8 Å². The number of nitrogens with one attached hydrogen (secondary N) is 1. The van der Waals surface area contributed by atoms with Crippen LogP contribution < -0.4 is 14.8 Å². The number of amides is 1. The molecule has 0 saturated carbocycles. The van der Waals surface area contributed by atoms with E-state index in [1.54, 1.807) is 43.1 Å². The van der Waals surface area contributed by atoms with E-state index in [0.29, 0.717) is 27.9 Å². The number of hydrogen-bond acceptors (Lipinski definition) is 5. The van der Waals surface area contributed by atoms with E-state index in [-0.39, 0.29) is 11.6 Å². The highest BCUT2D eigenvalue weighted by atomic mass is 35.5. The van der Waals surface area contributed by atoms with E-state index in [2.05, 4.69) is 15.4 Å². The van der Waals surface area contributed by atoms with Crippen molar-refractivity contribution in [3.05, 3.63) is 71.0 Å². The minimum absolute atomic E-state index is 0.229. The Balaban J connectivity index is 1.71. The van der Waals surface area contributed by atoms with Crippen molar-refractivity contribution in [1.29, 1.82) is 0 Å². The molecule has 0 saturated heterocycles. The first-order valence-corrected chi connectivity index (χ1v) is 9.52. The van der Waals surface area contributed by atoms with E-state index in [0.717, 1.165) is 16.8 Å². The van der Waals surface area contributed by atoms with E-state index in [1.807, 2.05) is 37.3 Å². The SMILES string of the molecule is COc1ccc(-c2ccnc3cc(C(=O)Nc4ccc(C)cc4Cl)nn23)cc1OC. The molecule has 1 N–H and O–H groups in total. The minimum atomic E-state index is -0.371. The number of fused-ring (bicyclic) bond motifs is 1. The number of hydrogen-bond donors (Lipinski definition) is 1. The summed E-state index contributed by atoms with van der Waals surface area (Å²) < 4.78 is 12.3. The maximum atomic E-state index is 12.7. The van der Waals surface area contributed by atoms with Crippen molar-refractivity contribution in [1.82, 2.24) is 14.6 Å². The van der Waals surface area contributed by atoms with Gasteiger partial charge in [-0.3, -0.25) is 4.79 Å². The molecule has 0 atom stereocenters. The van der Waals surface area contributed by atoms with E-state index in [1.165, 1.54) is 0 Å². The number of carbonyl (C=O) groups is 1. The molecule has 4 rings (SSSR count). The number of carbonyl (C=O) groups excluding carboxylic acids is 1. The minimum Gasteiger partial charge on any atom is -0.493 e. The zero-order valence-corrected chi connectivity index (χ0v) is 17.4. The number of benzene rings is 2. The molecule has 0 aliphatic rings. The lowest BCUT2D eigenvalue weighted by Gasteiger charge is -2.10. The highest BCUT2D eigenvalue weighted by Gasteiger charge is 2.16. The second-order valence-corrected chi connectivity index (χ2v) is 7.04. The van der Waals surface area contributed by atoms with E-state index >= 15 is 0 Å². The van der Waals surface area contributed by atoms with Crippen LogP contribution in [-0.4, -0.2) is 34.7 Å². The van der Waals surface area contributed by atoms with E-state index in [4.69, 9.17) is 21.1 Å². The van der Waals surface area contributed by atoms with Crippen LogP contribution in [0.4, 0.5) is 5.69 Å². The first-order chi connectivity index (χ1) is 14.5. The van der Waals surface area contributed by atoms with Crippen LogP contribution >= 0.6 is 11.6 Å². The maximum Gasteiger partial charge on any atom is 0.276 e. The third kappa shape index (κ3) is 3.67. The molecule has 2 aromatic carbocycles. The van der Waals surface area contributed by atoms with Crippen LogP contribution in [0, 0.1) is 6.92 Å². The summed E-state index contributed by atoms with van der Waals surface area (Å²) in [6.07, 6.45) is 1.67. The summed E-state index contributed by atoms with van der Waals surface area (Å²) in [6.45, 7) is 1.93. The van der Waals surface area contributed by atoms with Gasteiger partial charge in [0.15, 0.2) is 22.8 Å². The molecule has 30 heavy (non-hydrogen) atoms. The van der Waals surface area contributed by atoms with Crippen LogP contribution in [0.2, 0.25) is 5.02 Å². The lowest BCUT2D eigenvalue weighted by molar-refractivity contribution is 0.102. The van der Waals surface area contributed by atoms with Gasteiger partial charge in [-0.1, -0.05) is 17.7 Å². The summed E-state index contributed by atoms with van der Waals surface area (Å²) in [4.78, 5) is 17.1. The highest BCUT2D eigenvalue weighted by molar-refractivity contribution is 6.34. The van der Waals surface area contributed by atoms with Crippen molar-refractivity contribution in [2.45, 2.75) is 6.92 Å². The Labute approximate surface area is 178 Å². The van der Waals surface area contributed by atoms with Crippen molar-refractivity contribution >= 4 is 28.8 Å². The van der Waals surface area contributed by atoms with E-state index in [9.17, 15) is 4.79 Å². The summed E-state index contributed by atoms with van der Waals surface area (Å²) >= 11 is 6.22. The van der Waals surface area contributed by atoms with Crippen LogP contribution in [0.3, 0.4) is 0 Å². The fourth-order valence-electron chi connectivity index (χ4n) is 3.13. The van der Waals surface area contributed by atoms with Gasteiger partial charge in [0.1, 0.15) is 0 Å². The Hall–Kier alpha value is -3.58. The fourth-order valence-corrected chi connectivity index (χ4v) is 3.41. The third-order valence-electron chi connectivity index (χ3n) is 4.64. The number of ether oxygens (including phenoxy) is 2. The van der Waals surface area contributed by atoms with Gasteiger partial charge in [0.25, 0.3) is 5.91 Å². The molecule has 0 aliphatic carbocycles. The molecule has 152 valence electrons. The zero-order chi connectivity index (χ0) is 21.3. The quantitative estimate of drug-likeness (QED) is 0.507. The largest absolute Gasteiger partial charge is 0.493 e. The van der Waals surface area contributed by atoms with Gasteiger partial charge in [-0.15, -0.1) is 0 Å². The smallest absolute Gasteiger partial charge is 0.276 e. The Kier molecular flexibility index (Phi) is 5.29. The van der Waals surface area contributed by atoms with Crippen LogP contribution in [0.25, 0.3) is 16.9 Å². The van der Waals surface area contributed by atoms with Crippen molar-refractivity contribution in [3.8, 4) is 22.8 Å².